The van der Waals surface area contributed by atoms with Crippen molar-refractivity contribution in [3.8, 4) is 0 Å². The van der Waals surface area contributed by atoms with Crippen molar-refractivity contribution < 1.29 is 19.1 Å². The first-order chi connectivity index (χ1) is 14.6. The number of esters is 1. The van der Waals surface area contributed by atoms with E-state index in [0.717, 1.165) is 38.5 Å². The fourth-order valence-electron chi connectivity index (χ4n) is 7.92. The number of unbranched alkanes of at least 4 members (excludes halogenated alkanes) is 1. The first-order valence-corrected chi connectivity index (χ1v) is 12.3. The smallest absolute Gasteiger partial charge is 0.306 e. The van der Waals surface area contributed by atoms with Gasteiger partial charge in [-0.05, 0) is 73.8 Å². The third-order valence-electron chi connectivity index (χ3n) is 9.59. The number of fused-ring (bicyclic) bond motifs is 5. The van der Waals surface area contributed by atoms with Gasteiger partial charge in [-0.25, -0.2) is 0 Å². The van der Waals surface area contributed by atoms with Crippen molar-refractivity contribution in [2.75, 3.05) is 0 Å². The molecule has 0 N–H and O–H groups in total. The fourth-order valence-corrected chi connectivity index (χ4v) is 7.92. The van der Waals surface area contributed by atoms with Gasteiger partial charge in [0, 0.05) is 24.2 Å². The lowest BCUT2D eigenvalue weighted by atomic mass is 9.48. The normalized spacial score (nSPS) is 43.5. The maximum absolute atomic E-state index is 13.2. The zero-order valence-electron chi connectivity index (χ0n) is 19.8. The van der Waals surface area contributed by atoms with E-state index < -0.39 is 5.60 Å². The second-order valence-corrected chi connectivity index (χ2v) is 11.1. The monoisotopic (exact) mass is 426 g/mol. The molecule has 7 atom stereocenters. The quantitative estimate of drug-likeness (QED) is 0.537. The van der Waals surface area contributed by atoms with Gasteiger partial charge in [-0.2, -0.15) is 0 Å². The van der Waals surface area contributed by atoms with Crippen molar-refractivity contribution in [2.45, 2.75) is 91.6 Å². The molecule has 170 valence electrons. The van der Waals surface area contributed by atoms with E-state index in [4.69, 9.17) is 4.74 Å². The minimum absolute atomic E-state index is 0.00291. The largest absolute Gasteiger partial charge is 0.450 e. The van der Waals surface area contributed by atoms with Crippen LogP contribution < -0.4 is 0 Å². The van der Waals surface area contributed by atoms with Gasteiger partial charge < -0.3 is 4.74 Å². The molecule has 2 fully saturated rings. The highest BCUT2D eigenvalue weighted by Crippen LogP contribution is 2.68. The summed E-state index contributed by atoms with van der Waals surface area (Å²) in [5.74, 6) is 1.15. The standard InChI is InChI=1S/C27H38O4/c1-6-7-8-24(30)31-27(18(3)28)17(2)15-23-21-10-9-19-16-20(29)11-13-25(19,4)22(21)12-14-26(23,27)5/h9-10,16-17,21-23H,6-8,11-15H2,1-5H3/t17-,21+,22-,23-,25-,26-,27-/m0/s1. The van der Waals surface area contributed by atoms with Crippen LogP contribution in [0.25, 0.3) is 0 Å². The Labute approximate surface area is 186 Å². The van der Waals surface area contributed by atoms with Gasteiger partial charge in [-0.1, -0.05) is 46.3 Å². The number of rotatable bonds is 5. The predicted octanol–water partition coefficient (Wildman–Crippen LogP) is 5.60. The van der Waals surface area contributed by atoms with Crippen molar-refractivity contribution in [3.05, 3.63) is 23.8 Å². The predicted molar refractivity (Wildman–Crippen MR) is 120 cm³/mol. The van der Waals surface area contributed by atoms with Crippen molar-refractivity contribution in [1.29, 1.82) is 0 Å². The lowest BCUT2D eigenvalue weighted by Gasteiger charge is -2.57. The van der Waals surface area contributed by atoms with Crippen molar-refractivity contribution >= 4 is 17.5 Å². The molecule has 0 heterocycles. The molecule has 0 spiro atoms. The molecule has 0 aromatic carbocycles. The number of hydrogen-bond acceptors (Lipinski definition) is 4. The van der Waals surface area contributed by atoms with Crippen LogP contribution in [0.5, 0.6) is 0 Å². The first kappa shape index (κ1) is 22.5. The molecule has 2 saturated carbocycles. The molecule has 0 aromatic rings. The summed E-state index contributed by atoms with van der Waals surface area (Å²) in [6.07, 6.45) is 12.8. The van der Waals surface area contributed by atoms with E-state index in [1.807, 2.05) is 6.08 Å². The summed E-state index contributed by atoms with van der Waals surface area (Å²) >= 11 is 0. The number of carbonyl (C=O) groups is 3. The van der Waals surface area contributed by atoms with Crippen LogP contribution >= 0.6 is 0 Å². The highest BCUT2D eigenvalue weighted by molar-refractivity contribution is 5.92. The van der Waals surface area contributed by atoms with E-state index in [1.165, 1.54) is 5.57 Å². The molecular weight excluding hydrogens is 388 g/mol. The first-order valence-electron chi connectivity index (χ1n) is 12.3. The Hall–Kier alpha value is -1.71. The van der Waals surface area contributed by atoms with Gasteiger partial charge in [-0.15, -0.1) is 0 Å². The average Bonchev–Trinajstić information content (AvgIpc) is 2.94. The van der Waals surface area contributed by atoms with Crippen LogP contribution in [0.1, 0.15) is 86.0 Å². The van der Waals surface area contributed by atoms with E-state index in [-0.39, 0.29) is 34.3 Å². The summed E-state index contributed by atoms with van der Waals surface area (Å²) in [6, 6.07) is 0. The molecule has 0 aromatic heterocycles. The number of ether oxygens (including phenoxy) is 1. The number of allylic oxidation sites excluding steroid dienone is 4. The summed E-state index contributed by atoms with van der Waals surface area (Å²) in [4.78, 5) is 38.0. The number of carbonyl (C=O) groups excluding carboxylic acids is 3. The Morgan fingerprint density at radius 2 is 1.94 bits per heavy atom. The van der Waals surface area contributed by atoms with Gasteiger partial charge in [0.2, 0.25) is 0 Å². The van der Waals surface area contributed by atoms with Crippen LogP contribution in [0.3, 0.4) is 0 Å². The Bertz CT molecular complexity index is 853. The van der Waals surface area contributed by atoms with Gasteiger partial charge in [-0.3, -0.25) is 14.4 Å². The van der Waals surface area contributed by atoms with Gasteiger partial charge in [0.05, 0.1) is 0 Å². The molecular formula is C27H38O4. The molecule has 0 bridgehead atoms. The second-order valence-electron chi connectivity index (χ2n) is 11.1. The van der Waals surface area contributed by atoms with Crippen LogP contribution in [0, 0.1) is 34.5 Å². The molecule has 0 saturated heterocycles. The van der Waals surface area contributed by atoms with Crippen molar-refractivity contribution in [2.24, 2.45) is 34.5 Å². The van der Waals surface area contributed by atoms with Crippen LogP contribution in [0.15, 0.2) is 23.8 Å². The Balaban J connectivity index is 1.71. The zero-order valence-corrected chi connectivity index (χ0v) is 19.8. The van der Waals surface area contributed by atoms with E-state index in [0.29, 0.717) is 30.6 Å². The number of Topliss-reactive ketones (excluding diaryl/α,β-unsaturated/α-hetero) is 1. The van der Waals surface area contributed by atoms with Gasteiger partial charge in [0.1, 0.15) is 0 Å². The zero-order chi connectivity index (χ0) is 22.6. The molecule has 4 heteroatoms. The van der Waals surface area contributed by atoms with Gasteiger partial charge >= 0.3 is 5.97 Å². The Kier molecular flexibility index (Phi) is 5.59. The van der Waals surface area contributed by atoms with Crippen LogP contribution in [0.2, 0.25) is 0 Å². The fraction of sp³-hybridized carbons (Fsp3) is 0.741. The molecule has 0 unspecified atom stereocenters. The number of ketones is 2. The highest BCUT2D eigenvalue weighted by Gasteiger charge is 2.70. The lowest BCUT2D eigenvalue weighted by Crippen LogP contribution is -2.59. The highest BCUT2D eigenvalue weighted by atomic mass is 16.6. The van der Waals surface area contributed by atoms with E-state index in [9.17, 15) is 14.4 Å². The molecule has 0 amide bonds. The average molecular weight is 427 g/mol. The van der Waals surface area contributed by atoms with Crippen molar-refractivity contribution in [3.63, 3.8) is 0 Å². The Morgan fingerprint density at radius 1 is 1.19 bits per heavy atom. The maximum atomic E-state index is 13.2. The summed E-state index contributed by atoms with van der Waals surface area (Å²) in [6.45, 7) is 10.3. The van der Waals surface area contributed by atoms with E-state index >= 15 is 0 Å². The van der Waals surface area contributed by atoms with E-state index in [1.54, 1.807) is 6.92 Å². The molecule has 4 aliphatic rings. The SMILES string of the molecule is CCCCC(=O)O[C@]1(C(C)=O)[C@@H](C)C[C@H]2[C@@H]3C=CC4=CC(=O)CC[C@]4(C)[C@H]3CC[C@@]21C. The molecule has 4 nitrogen and oxygen atoms in total. The molecule has 0 aliphatic heterocycles. The van der Waals surface area contributed by atoms with Crippen molar-refractivity contribution in [1.82, 2.24) is 0 Å². The summed E-state index contributed by atoms with van der Waals surface area (Å²) in [5, 5.41) is 0. The lowest BCUT2D eigenvalue weighted by molar-refractivity contribution is -0.192. The summed E-state index contributed by atoms with van der Waals surface area (Å²) in [7, 11) is 0. The molecule has 4 aliphatic carbocycles. The van der Waals surface area contributed by atoms with Crippen LogP contribution in [0.4, 0.5) is 0 Å². The van der Waals surface area contributed by atoms with Crippen LogP contribution in [-0.2, 0) is 19.1 Å². The molecule has 4 rings (SSSR count). The Morgan fingerprint density at radius 3 is 2.61 bits per heavy atom. The molecule has 0 radical (unpaired) electrons. The van der Waals surface area contributed by atoms with Crippen LogP contribution in [-0.4, -0.2) is 23.1 Å². The minimum atomic E-state index is -1.03. The maximum Gasteiger partial charge on any atom is 0.306 e. The van der Waals surface area contributed by atoms with E-state index in [2.05, 4.69) is 39.8 Å². The third kappa shape index (κ3) is 3.11. The van der Waals surface area contributed by atoms with Gasteiger partial charge in [0.25, 0.3) is 0 Å². The topological polar surface area (TPSA) is 60.4 Å². The summed E-state index contributed by atoms with van der Waals surface area (Å²) < 4.78 is 6.20. The third-order valence-corrected chi connectivity index (χ3v) is 9.59. The van der Waals surface area contributed by atoms with Gasteiger partial charge in [0.15, 0.2) is 17.2 Å². The second kappa shape index (κ2) is 7.71. The minimum Gasteiger partial charge on any atom is -0.450 e. The number of hydrogen-bond donors (Lipinski definition) is 0. The summed E-state index contributed by atoms with van der Waals surface area (Å²) in [5.41, 5.74) is -0.172. The molecule has 31 heavy (non-hydrogen) atoms.